The third-order valence-electron chi connectivity index (χ3n) is 5.15. The second-order valence-electron chi connectivity index (χ2n) is 7.28. The Bertz CT molecular complexity index is 916. The number of benzene rings is 1. The molecule has 2 atom stereocenters. The largest absolute Gasteiger partial charge is 0.467 e. The molecule has 0 saturated carbocycles. The molecular formula is C22H24N2O2S. The van der Waals surface area contributed by atoms with E-state index in [1.165, 1.54) is 16.8 Å². The van der Waals surface area contributed by atoms with E-state index in [9.17, 15) is 4.79 Å². The predicted octanol–water partition coefficient (Wildman–Crippen LogP) is 4.65. The average Bonchev–Trinajstić information content (AvgIpc) is 3.37. The Labute approximate surface area is 163 Å². The molecule has 3 heterocycles. The van der Waals surface area contributed by atoms with Crippen molar-refractivity contribution in [2.45, 2.75) is 45.3 Å². The minimum Gasteiger partial charge on any atom is -0.467 e. The monoisotopic (exact) mass is 380 g/mol. The van der Waals surface area contributed by atoms with Crippen LogP contribution in [0.1, 0.15) is 41.1 Å². The molecular weight excluding hydrogens is 356 g/mol. The summed E-state index contributed by atoms with van der Waals surface area (Å²) in [7, 11) is 0. The first-order valence-electron chi connectivity index (χ1n) is 9.34. The maximum absolute atomic E-state index is 12.8. The van der Waals surface area contributed by atoms with Gasteiger partial charge in [0.05, 0.1) is 18.4 Å². The first-order valence-corrected chi connectivity index (χ1v) is 10.3. The number of para-hydroxylation sites is 1. The molecule has 5 heteroatoms. The quantitative estimate of drug-likeness (QED) is 0.677. The van der Waals surface area contributed by atoms with E-state index in [2.05, 4.69) is 58.2 Å². The summed E-state index contributed by atoms with van der Waals surface area (Å²) in [6.07, 6.45) is 3.47. The van der Waals surface area contributed by atoms with E-state index in [4.69, 9.17) is 4.42 Å². The van der Waals surface area contributed by atoms with Crippen molar-refractivity contribution in [3.05, 3.63) is 75.9 Å². The predicted molar refractivity (Wildman–Crippen MR) is 109 cm³/mol. The molecule has 4 rings (SSSR count). The number of rotatable bonds is 6. The number of hydrogen-bond acceptors (Lipinski definition) is 4. The first kappa shape index (κ1) is 17.9. The van der Waals surface area contributed by atoms with Gasteiger partial charge in [0.2, 0.25) is 0 Å². The fourth-order valence-electron chi connectivity index (χ4n) is 3.81. The van der Waals surface area contributed by atoms with E-state index >= 15 is 0 Å². The van der Waals surface area contributed by atoms with Gasteiger partial charge < -0.3 is 14.6 Å². The molecule has 140 valence electrons. The molecule has 27 heavy (non-hydrogen) atoms. The molecule has 1 aromatic carbocycles. The van der Waals surface area contributed by atoms with Crippen LogP contribution in [0.15, 0.2) is 57.8 Å². The van der Waals surface area contributed by atoms with Gasteiger partial charge in [0.1, 0.15) is 5.76 Å². The van der Waals surface area contributed by atoms with Crippen molar-refractivity contribution in [2.75, 3.05) is 4.90 Å². The number of amides is 1. The second-order valence-corrected chi connectivity index (χ2v) is 8.06. The summed E-state index contributed by atoms with van der Waals surface area (Å²) in [5.74, 6) is 0.653. The molecule has 1 amide bonds. The van der Waals surface area contributed by atoms with Crippen LogP contribution < -0.4 is 10.2 Å². The van der Waals surface area contributed by atoms with Gasteiger partial charge in [0.25, 0.3) is 5.91 Å². The van der Waals surface area contributed by atoms with Crippen LogP contribution in [0, 0.1) is 0 Å². The van der Waals surface area contributed by atoms with Gasteiger partial charge in [-0.3, -0.25) is 4.79 Å². The van der Waals surface area contributed by atoms with Gasteiger partial charge in [-0.1, -0.05) is 18.2 Å². The summed E-state index contributed by atoms with van der Waals surface area (Å²) in [6, 6.07) is 12.8. The van der Waals surface area contributed by atoms with Gasteiger partial charge in [-0.2, -0.15) is 11.3 Å². The summed E-state index contributed by atoms with van der Waals surface area (Å²) in [4.78, 5) is 15.1. The maximum atomic E-state index is 12.8. The van der Waals surface area contributed by atoms with Crippen LogP contribution in [0.2, 0.25) is 0 Å². The zero-order valence-corrected chi connectivity index (χ0v) is 16.5. The summed E-state index contributed by atoms with van der Waals surface area (Å²) >= 11 is 1.68. The lowest BCUT2D eigenvalue weighted by Gasteiger charge is -2.24. The van der Waals surface area contributed by atoms with Crippen molar-refractivity contribution in [2.24, 2.45) is 0 Å². The first-order chi connectivity index (χ1) is 13.1. The fraction of sp³-hybridized carbons (Fsp3) is 0.318. The molecule has 1 aliphatic rings. The molecule has 0 fully saturated rings. The lowest BCUT2D eigenvalue weighted by Crippen LogP contribution is -2.35. The summed E-state index contributed by atoms with van der Waals surface area (Å²) in [5.41, 5.74) is 4.47. The third kappa shape index (κ3) is 3.78. The van der Waals surface area contributed by atoms with Crippen molar-refractivity contribution in [1.82, 2.24) is 5.32 Å². The number of fused-ring (bicyclic) bond motifs is 1. The summed E-state index contributed by atoms with van der Waals surface area (Å²) < 4.78 is 5.70. The normalized spacial score (nSPS) is 17.0. The van der Waals surface area contributed by atoms with Gasteiger partial charge in [0.15, 0.2) is 0 Å². The van der Waals surface area contributed by atoms with Crippen LogP contribution in [0.4, 0.5) is 5.69 Å². The summed E-state index contributed by atoms with van der Waals surface area (Å²) in [5, 5.41) is 7.29. The number of carbonyl (C=O) groups is 1. The number of nitrogens with zero attached hydrogens (tertiary/aromatic N) is 1. The third-order valence-corrected chi connectivity index (χ3v) is 5.88. The van der Waals surface area contributed by atoms with Crippen LogP contribution in [-0.2, 0) is 19.4 Å². The van der Waals surface area contributed by atoms with E-state index in [0.717, 1.165) is 18.6 Å². The molecule has 0 bridgehead atoms. The topological polar surface area (TPSA) is 45.5 Å². The van der Waals surface area contributed by atoms with Gasteiger partial charge >= 0.3 is 0 Å². The molecule has 0 aliphatic carbocycles. The Balaban J connectivity index is 1.46. The SMILES string of the molecule is CC(Cc1ccsc1)NC(=O)c1ccoc1CN1c2ccccc2CC1C. The standard InChI is InChI=1S/C22H24N2O2S/c1-15(11-17-8-10-27-14-17)23-22(25)19-7-9-26-21(19)13-24-16(2)12-18-5-3-4-6-20(18)24/h3-10,14-16H,11-13H2,1-2H3,(H,23,25). The number of hydrogen-bond donors (Lipinski definition) is 1. The molecule has 2 unspecified atom stereocenters. The van der Waals surface area contributed by atoms with Crippen LogP contribution in [-0.4, -0.2) is 18.0 Å². The minimum absolute atomic E-state index is 0.0679. The molecule has 1 aliphatic heterocycles. The number of furan rings is 1. The zero-order valence-electron chi connectivity index (χ0n) is 15.6. The van der Waals surface area contributed by atoms with E-state index in [0.29, 0.717) is 18.2 Å². The maximum Gasteiger partial charge on any atom is 0.255 e. The molecule has 3 aromatic rings. The smallest absolute Gasteiger partial charge is 0.255 e. The Hall–Kier alpha value is -2.53. The fourth-order valence-corrected chi connectivity index (χ4v) is 4.49. The Morgan fingerprint density at radius 2 is 2.19 bits per heavy atom. The molecule has 2 aromatic heterocycles. The minimum atomic E-state index is -0.0679. The van der Waals surface area contributed by atoms with Crippen molar-refractivity contribution < 1.29 is 9.21 Å². The Morgan fingerprint density at radius 3 is 3.00 bits per heavy atom. The van der Waals surface area contributed by atoms with E-state index < -0.39 is 0 Å². The molecule has 4 nitrogen and oxygen atoms in total. The van der Waals surface area contributed by atoms with Crippen LogP contribution in [0.3, 0.4) is 0 Å². The number of thiophene rings is 1. The average molecular weight is 381 g/mol. The van der Waals surface area contributed by atoms with Crippen molar-refractivity contribution in [3.63, 3.8) is 0 Å². The van der Waals surface area contributed by atoms with E-state index in [1.807, 2.05) is 6.92 Å². The van der Waals surface area contributed by atoms with Gasteiger partial charge in [-0.05, 0) is 66.8 Å². The van der Waals surface area contributed by atoms with Gasteiger partial charge in [-0.25, -0.2) is 0 Å². The lowest BCUT2D eigenvalue weighted by molar-refractivity contribution is 0.0938. The highest BCUT2D eigenvalue weighted by Crippen LogP contribution is 2.33. The van der Waals surface area contributed by atoms with Gasteiger partial charge in [-0.15, -0.1) is 0 Å². The molecule has 0 spiro atoms. The molecule has 1 N–H and O–H groups in total. The zero-order chi connectivity index (χ0) is 18.8. The van der Waals surface area contributed by atoms with Gasteiger partial charge in [0, 0.05) is 17.8 Å². The highest BCUT2D eigenvalue weighted by atomic mass is 32.1. The highest BCUT2D eigenvalue weighted by Gasteiger charge is 2.28. The van der Waals surface area contributed by atoms with Crippen LogP contribution >= 0.6 is 11.3 Å². The highest BCUT2D eigenvalue weighted by molar-refractivity contribution is 7.07. The number of anilines is 1. The van der Waals surface area contributed by atoms with Crippen LogP contribution in [0.25, 0.3) is 0 Å². The van der Waals surface area contributed by atoms with Crippen molar-refractivity contribution in [1.29, 1.82) is 0 Å². The molecule has 0 radical (unpaired) electrons. The van der Waals surface area contributed by atoms with E-state index in [-0.39, 0.29) is 11.9 Å². The van der Waals surface area contributed by atoms with E-state index in [1.54, 1.807) is 23.7 Å². The number of nitrogens with one attached hydrogen (secondary N) is 1. The number of carbonyl (C=O) groups excluding carboxylic acids is 1. The second kappa shape index (κ2) is 7.61. The van der Waals surface area contributed by atoms with Crippen LogP contribution in [0.5, 0.6) is 0 Å². The Kier molecular flexibility index (Phi) is 5.03. The van der Waals surface area contributed by atoms with Crippen molar-refractivity contribution >= 4 is 22.9 Å². The van der Waals surface area contributed by atoms with Crippen molar-refractivity contribution in [3.8, 4) is 0 Å². The summed E-state index contributed by atoms with van der Waals surface area (Å²) in [6.45, 7) is 4.85. The lowest BCUT2D eigenvalue weighted by atomic mass is 10.1. The Morgan fingerprint density at radius 1 is 1.33 bits per heavy atom. The molecule has 0 saturated heterocycles.